The van der Waals surface area contributed by atoms with Crippen molar-refractivity contribution in [2.45, 2.75) is 37.3 Å². The van der Waals surface area contributed by atoms with Crippen molar-refractivity contribution < 1.29 is 22.8 Å². The smallest absolute Gasteiger partial charge is 0.355 e. The van der Waals surface area contributed by atoms with Crippen molar-refractivity contribution in [3.05, 3.63) is 83.9 Å². The van der Waals surface area contributed by atoms with Crippen molar-refractivity contribution in [3.8, 4) is 0 Å². The number of nitrogens with zero attached hydrogens (tertiary/aromatic N) is 1. The minimum atomic E-state index is -4.68. The zero-order chi connectivity index (χ0) is 24.6. The van der Waals surface area contributed by atoms with Crippen LogP contribution in [-0.2, 0) is 9.59 Å². The molecule has 1 N–H and O–H groups in total. The van der Waals surface area contributed by atoms with Crippen molar-refractivity contribution in [1.29, 1.82) is 0 Å². The van der Waals surface area contributed by atoms with Crippen molar-refractivity contribution in [2.24, 2.45) is 5.41 Å². The molecule has 1 spiro atoms. The van der Waals surface area contributed by atoms with Gasteiger partial charge in [-0.3, -0.25) is 9.59 Å². The monoisotopic (exact) mass is 480 g/mol. The average molecular weight is 481 g/mol. The molecule has 5 rings (SSSR count). The van der Waals surface area contributed by atoms with Gasteiger partial charge >= 0.3 is 6.18 Å². The molecule has 0 aliphatic carbocycles. The van der Waals surface area contributed by atoms with Crippen LogP contribution in [0.15, 0.2) is 72.8 Å². The Balaban J connectivity index is 1.42. The number of amides is 2. The van der Waals surface area contributed by atoms with Crippen LogP contribution in [0.2, 0.25) is 0 Å². The standard InChI is InChI=1S/C28H27F3N2O2/c29-28(30,31)25(20-8-2-1-3-9-20)26(35)33-15-13-27(14-16-33)17-24(34)32-18-23(27)22-12-6-10-19-7-4-5-11-21(19)22/h1-12,23,25H,13-18H2,(H,32,34). The summed E-state index contributed by atoms with van der Waals surface area (Å²) in [6.45, 7) is 0.884. The summed E-state index contributed by atoms with van der Waals surface area (Å²) < 4.78 is 41.8. The zero-order valence-electron chi connectivity index (χ0n) is 19.2. The normalized spacial score (nSPS) is 21.1. The first-order valence-corrected chi connectivity index (χ1v) is 11.9. The van der Waals surface area contributed by atoms with E-state index in [4.69, 9.17) is 0 Å². The van der Waals surface area contributed by atoms with Crippen molar-refractivity contribution in [1.82, 2.24) is 10.2 Å². The van der Waals surface area contributed by atoms with E-state index in [0.29, 0.717) is 25.8 Å². The average Bonchev–Trinajstić information content (AvgIpc) is 2.84. The number of hydrogen-bond donors (Lipinski definition) is 1. The number of piperidine rings is 2. The van der Waals surface area contributed by atoms with Gasteiger partial charge in [0.2, 0.25) is 11.8 Å². The summed E-state index contributed by atoms with van der Waals surface area (Å²) in [5.74, 6) is -3.11. The zero-order valence-corrected chi connectivity index (χ0v) is 19.2. The third-order valence-electron chi connectivity index (χ3n) is 7.73. The topological polar surface area (TPSA) is 49.4 Å². The summed E-state index contributed by atoms with van der Waals surface area (Å²) >= 11 is 0. The molecule has 2 fully saturated rings. The largest absolute Gasteiger partial charge is 0.404 e. The molecule has 2 aliphatic heterocycles. The molecule has 182 valence electrons. The van der Waals surface area contributed by atoms with Gasteiger partial charge in [-0.15, -0.1) is 0 Å². The molecule has 7 heteroatoms. The molecule has 2 unspecified atom stereocenters. The lowest BCUT2D eigenvalue weighted by atomic mass is 9.62. The fraction of sp³-hybridized carbons (Fsp3) is 0.357. The number of carbonyl (C=O) groups excluding carboxylic acids is 2. The molecule has 0 bridgehead atoms. The van der Waals surface area contributed by atoms with Gasteiger partial charge in [0.1, 0.15) is 0 Å². The van der Waals surface area contributed by atoms with Crippen molar-refractivity contribution >= 4 is 22.6 Å². The van der Waals surface area contributed by atoms with E-state index in [1.54, 1.807) is 6.07 Å². The molecule has 0 aromatic heterocycles. The Kier molecular flexibility index (Phi) is 6.03. The lowest BCUT2D eigenvalue weighted by Gasteiger charge is -2.49. The lowest BCUT2D eigenvalue weighted by molar-refractivity contribution is -0.173. The minimum absolute atomic E-state index is 0.0242. The number of rotatable bonds is 3. The van der Waals surface area contributed by atoms with E-state index >= 15 is 0 Å². The highest BCUT2D eigenvalue weighted by molar-refractivity contribution is 5.87. The molecule has 4 nitrogen and oxygen atoms in total. The van der Waals surface area contributed by atoms with Gasteiger partial charge in [-0.1, -0.05) is 72.8 Å². The number of alkyl halides is 3. The fourth-order valence-corrected chi connectivity index (χ4v) is 5.93. The highest BCUT2D eigenvalue weighted by Gasteiger charge is 2.51. The second-order valence-electron chi connectivity index (χ2n) is 9.67. The molecule has 2 heterocycles. The molecular weight excluding hydrogens is 453 g/mol. The van der Waals surface area contributed by atoms with Gasteiger partial charge < -0.3 is 10.2 Å². The third kappa shape index (κ3) is 4.40. The van der Waals surface area contributed by atoms with E-state index in [0.717, 1.165) is 16.3 Å². The second kappa shape index (κ2) is 9.02. The van der Waals surface area contributed by atoms with Crippen LogP contribution >= 0.6 is 0 Å². The first-order valence-electron chi connectivity index (χ1n) is 11.9. The predicted molar refractivity (Wildman–Crippen MR) is 128 cm³/mol. The second-order valence-corrected chi connectivity index (χ2v) is 9.67. The molecule has 3 aromatic rings. The summed E-state index contributed by atoms with van der Waals surface area (Å²) in [5, 5.41) is 5.22. The maximum absolute atomic E-state index is 13.9. The van der Waals surface area contributed by atoms with Gasteiger partial charge in [-0.2, -0.15) is 13.2 Å². The molecule has 2 saturated heterocycles. The number of fused-ring (bicyclic) bond motifs is 1. The Morgan fingerprint density at radius 2 is 1.60 bits per heavy atom. The summed E-state index contributed by atoms with van der Waals surface area (Å²) in [6.07, 6.45) is -3.40. The third-order valence-corrected chi connectivity index (χ3v) is 7.73. The van der Waals surface area contributed by atoms with Crippen LogP contribution in [0.4, 0.5) is 13.2 Å². The molecule has 2 atom stereocenters. The van der Waals surface area contributed by atoms with E-state index in [1.807, 2.05) is 18.2 Å². The van der Waals surface area contributed by atoms with Crippen LogP contribution in [0.25, 0.3) is 10.8 Å². The Bertz CT molecular complexity index is 1230. The Hall–Kier alpha value is -3.35. The molecular formula is C28H27F3N2O2. The maximum atomic E-state index is 13.9. The number of hydrogen-bond acceptors (Lipinski definition) is 2. The highest BCUT2D eigenvalue weighted by Crippen LogP contribution is 2.50. The first-order chi connectivity index (χ1) is 16.8. The van der Waals surface area contributed by atoms with Gasteiger partial charge in [-0.05, 0) is 40.2 Å². The highest BCUT2D eigenvalue weighted by atomic mass is 19.4. The molecule has 35 heavy (non-hydrogen) atoms. The van der Waals surface area contributed by atoms with Crippen LogP contribution in [0, 0.1) is 5.41 Å². The number of nitrogens with one attached hydrogen (secondary N) is 1. The molecule has 2 amide bonds. The fourth-order valence-electron chi connectivity index (χ4n) is 5.93. The quantitative estimate of drug-likeness (QED) is 0.546. The SMILES string of the molecule is O=C1CC2(CCN(C(=O)C(c3ccccc3)C(F)(F)F)CC2)C(c2cccc3ccccc23)CN1. The van der Waals surface area contributed by atoms with E-state index in [2.05, 4.69) is 29.6 Å². The van der Waals surface area contributed by atoms with Gasteiger partial charge in [-0.25, -0.2) is 0 Å². The Morgan fingerprint density at radius 3 is 2.31 bits per heavy atom. The minimum Gasteiger partial charge on any atom is -0.355 e. The van der Waals surface area contributed by atoms with Gasteiger partial charge in [0.05, 0.1) is 0 Å². The molecule has 0 saturated carbocycles. The van der Waals surface area contributed by atoms with Crippen molar-refractivity contribution in [2.75, 3.05) is 19.6 Å². The van der Waals surface area contributed by atoms with Gasteiger partial charge in [0.25, 0.3) is 0 Å². The van der Waals surface area contributed by atoms with E-state index in [1.165, 1.54) is 29.2 Å². The van der Waals surface area contributed by atoms with Crippen LogP contribution in [0.1, 0.15) is 42.2 Å². The molecule has 2 aliphatic rings. The van der Waals surface area contributed by atoms with E-state index in [-0.39, 0.29) is 30.5 Å². The van der Waals surface area contributed by atoms with Crippen LogP contribution in [0.3, 0.4) is 0 Å². The van der Waals surface area contributed by atoms with Gasteiger partial charge in [0, 0.05) is 32.0 Å². The summed E-state index contributed by atoms with van der Waals surface area (Å²) in [6, 6.07) is 21.6. The number of halogens is 3. The predicted octanol–water partition coefficient (Wildman–Crippen LogP) is 5.40. The van der Waals surface area contributed by atoms with E-state index < -0.39 is 23.4 Å². The summed E-state index contributed by atoms with van der Waals surface area (Å²) in [4.78, 5) is 26.9. The number of likely N-dealkylation sites (tertiary alicyclic amines) is 1. The lowest BCUT2D eigenvalue weighted by Crippen LogP contribution is -2.54. The number of carbonyl (C=O) groups is 2. The summed E-state index contributed by atoms with van der Waals surface area (Å²) in [5.41, 5.74) is 0.695. The summed E-state index contributed by atoms with van der Waals surface area (Å²) in [7, 11) is 0. The van der Waals surface area contributed by atoms with E-state index in [9.17, 15) is 22.8 Å². The molecule has 3 aromatic carbocycles. The van der Waals surface area contributed by atoms with Crippen LogP contribution < -0.4 is 5.32 Å². The number of benzene rings is 3. The van der Waals surface area contributed by atoms with Crippen LogP contribution in [0.5, 0.6) is 0 Å². The molecule has 0 radical (unpaired) electrons. The Labute approximate surface area is 202 Å². The first kappa shape index (κ1) is 23.4. The van der Waals surface area contributed by atoms with Crippen molar-refractivity contribution in [3.63, 3.8) is 0 Å². The van der Waals surface area contributed by atoms with Gasteiger partial charge in [0.15, 0.2) is 5.92 Å². The maximum Gasteiger partial charge on any atom is 0.404 e. The Morgan fingerprint density at radius 1 is 0.943 bits per heavy atom. The van der Waals surface area contributed by atoms with Crippen LogP contribution in [-0.4, -0.2) is 42.5 Å².